The monoisotopic (exact) mass is 300 g/mol. The first-order chi connectivity index (χ1) is 9.82. The van der Waals surface area contributed by atoms with E-state index >= 15 is 0 Å². The van der Waals surface area contributed by atoms with Crippen molar-refractivity contribution in [2.75, 3.05) is 6.61 Å². The van der Waals surface area contributed by atoms with E-state index in [2.05, 4.69) is 5.10 Å². The van der Waals surface area contributed by atoms with Crippen molar-refractivity contribution in [1.82, 2.24) is 9.78 Å². The summed E-state index contributed by atoms with van der Waals surface area (Å²) in [5.41, 5.74) is -0.420. The summed E-state index contributed by atoms with van der Waals surface area (Å²) >= 11 is 0. The molecule has 0 unspecified atom stereocenters. The van der Waals surface area contributed by atoms with Gasteiger partial charge in [-0.15, -0.1) is 0 Å². The molecule has 112 valence electrons. The van der Waals surface area contributed by atoms with E-state index in [1.54, 1.807) is 0 Å². The molecule has 0 fully saturated rings. The van der Waals surface area contributed by atoms with Gasteiger partial charge in [0.25, 0.3) is 0 Å². The normalized spacial score (nSPS) is 11.6. The molecule has 8 heteroatoms. The van der Waals surface area contributed by atoms with Gasteiger partial charge in [-0.3, -0.25) is 0 Å². The van der Waals surface area contributed by atoms with Gasteiger partial charge < -0.3 is 10.2 Å². The Morgan fingerprint density at radius 1 is 1.24 bits per heavy atom. The van der Waals surface area contributed by atoms with E-state index in [1.165, 1.54) is 23.0 Å². The van der Waals surface area contributed by atoms with Gasteiger partial charge in [-0.2, -0.15) is 18.3 Å². The molecular formula is C13H11F3N2O3. The van der Waals surface area contributed by atoms with Crippen LogP contribution < -0.4 is 0 Å². The number of aromatic carboxylic acids is 1. The summed E-state index contributed by atoms with van der Waals surface area (Å²) in [6.07, 6.45) is -2.96. The molecule has 0 aliphatic carbocycles. The van der Waals surface area contributed by atoms with Crippen LogP contribution in [0.5, 0.6) is 0 Å². The van der Waals surface area contributed by atoms with E-state index in [4.69, 9.17) is 10.2 Å². The third kappa shape index (κ3) is 3.22. The average Bonchev–Trinajstić information content (AvgIpc) is 2.82. The number of hydrogen-bond donors (Lipinski definition) is 2. The van der Waals surface area contributed by atoms with Crippen LogP contribution in [0.4, 0.5) is 13.2 Å². The van der Waals surface area contributed by atoms with Crippen LogP contribution in [0.3, 0.4) is 0 Å². The van der Waals surface area contributed by atoms with Gasteiger partial charge in [0.15, 0.2) is 5.69 Å². The molecular weight excluding hydrogens is 289 g/mol. The molecule has 1 aromatic heterocycles. The Labute approximate surface area is 117 Å². The Morgan fingerprint density at radius 2 is 1.86 bits per heavy atom. The van der Waals surface area contributed by atoms with Gasteiger partial charge in [0.1, 0.15) is 0 Å². The first-order valence-electron chi connectivity index (χ1n) is 5.93. The number of carboxylic acid groups (broad SMARTS) is 1. The van der Waals surface area contributed by atoms with E-state index in [0.717, 1.165) is 12.1 Å². The summed E-state index contributed by atoms with van der Waals surface area (Å²) < 4.78 is 38.6. The fraction of sp³-hybridized carbons (Fsp3) is 0.231. The lowest BCUT2D eigenvalue weighted by Gasteiger charge is -2.07. The topological polar surface area (TPSA) is 75.3 Å². The third-order valence-electron chi connectivity index (χ3n) is 2.83. The SMILES string of the molecule is O=C(O)c1nn(-c2ccc(C(F)(F)F)cc2)cc1CCO. The van der Waals surface area contributed by atoms with Gasteiger partial charge in [-0.05, 0) is 30.7 Å². The highest BCUT2D eigenvalue weighted by Crippen LogP contribution is 2.29. The number of benzene rings is 1. The number of aromatic nitrogens is 2. The number of nitrogens with zero attached hydrogens (tertiary/aromatic N) is 2. The summed E-state index contributed by atoms with van der Waals surface area (Å²) in [6, 6.07) is 4.18. The molecule has 1 heterocycles. The zero-order valence-corrected chi connectivity index (χ0v) is 10.6. The van der Waals surface area contributed by atoms with Gasteiger partial charge in [0.2, 0.25) is 0 Å². The standard InChI is InChI=1S/C13H11F3N2O3/c14-13(15,16)9-1-3-10(4-2-9)18-7-8(5-6-19)11(17-18)12(20)21/h1-4,7,19H,5-6H2,(H,20,21). The van der Waals surface area contributed by atoms with Crippen molar-refractivity contribution < 1.29 is 28.2 Å². The van der Waals surface area contributed by atoms with Crippen LogP contribution >= 0.6 is 0 Å². The van der Waals surface area contributed by atoms with Crippen LogP contribution in [0.2, 0.25) is 0 Å². The molecule has 0 atom stereocenters. The molecule has 2 aromatic rings. The van der Waals surface area contributed by atoms with E-state index in [1.807, 2.05) is 0 Å². The average molecular weight is 300 g/mol. The second-order valence-corrected chi connectivity index (χ2v) is 4.27. The smallest absolute Gasteiger partial charge is 0.416 e. The van der Waals surface area contributed by atoms with E-state index in [-0.39, 0.29) is 18.7 Å². The molecule has 5 nitrogen and oxygen atoms in total. The minimum Gasteiger partial charge on any atom is -0.476 e. The highest BCUT2D eigenvalue weighted by molar-refractivity contribution is 5.87. The Bertz CT molecular complexity index is 648. The lowest BCUT2D eigenvalue weighted by atomic mass is 10.2. The van der Waals surface area contributed by atoms with Crippen LogP contribution in [0.15, 0.2) is 30.5 Å². The molecule has 0 saturated heterocycles. The number of alkyl halides is 3. The summed E-state index contributed by atoms with van der Waals surface area (Å²) in [5.74, 6) is -1.26. The molecule has 1 aromatic carbocycles. The molecule has 0 aliphatic heterocycles. The first kappa shape index (κ1) is 15.0. The number of aliphatic hydroxyl groups is 1. The molecule has 2 N–H and O–H groups in total. The number of rotatable bonds is 4. The van der Waals surface area contributed by atoms with Crippen molar-refractivity contribution in [3.8, 4) is 5.69 Å². The van der Waals surface area contributed by atoms with Crippen LogP contribution in [-0.4, -0.2) is 32.6 Å². The molecule has 0 radical (unpaired) electrons. The van der Waals surface area contributed by atoms with Crippen molar-refractivity contribution in [3.63, 3.8) is 0 Å². The van der Waals surface area contributed by atoms with Crippen molar-refractivity contribution in [3.05, 3.63) is 47.3 Å². The summed E-state index contributed by atoms with van der Waals surface area (Å²) in [4.78, 5) is 11.0. The van der Waals surface area contributed by atoms with E-state index in [0.29, 0.717) is 11.3 Å². The predicted octanol–water partition coefficient (Wildman–Crippen LogP) is 2.12. The first-order valence-corrected chi connectivity index (χ1v) is 5.93. The zero-order chi connectivity index (χ0) is 15.6. The second kappa shape index (κ2) is 5.57. The summed E-state index contributed by atoms with van der Waals surface area (Å²) in [6.45, 7) is -0.251. The van der Waals surface area contributed by atoms with Gasteiger partial charge >= 0.3 is 12.1 Å². The summed E-state index contributed by atoms with van der Waals surface area (Å²) in [5, 5.41) is 21.7. The number of aliphatic hydroxyl groups excluding tert-OH is 1. The minimum absolute atomic E-state index is 0.0995. The molecule has 0 saturated carbocycles. The van der Waals surface area contributed by atoms with Crippen molar-refractivity contribution in [1.29, 1.82) is 0 Å². The van der Waals surface area contributed by atoms with Gasteiger partial charge in [-0.25, -0.2) is 9.48 Å². The van der Waals surface area contributed by atoms with Gasteiger partial charge in [0.05, 0.1) is 11.3 Å². The maximum absolute atomic E-state index is 12.5. The van der Waals surface area contributed by atoms with Crippen LogP contribution in [0.1, 0.15) is 21.6 Å². The number of halogens is 3. The van der Waals surface area contributed by atoms with Gasteiger partial charge in [0, 0.05) is 18.4 Å². The Morgan fingerprint density at radius 3 is 2.33 bits per heavy atom. The van der Waals surface area contributed by atoms with Gasteiger partial charge in [-0.1, -0.05) is 0 Å². The highest BCUT2D eigenvalue weighted by Gasteiger charge is 2.30. The van der Waals surface area contributed by atoms with Crippen LogP contribution in [0.25, 0.3) is 5.69 Å². The largest absolute Gasteiger partial charge is 0.476 e. The molecule has 21 heavy (non-hydrogen) atoms. The maximum Gasteiger partial charge on any atom is 0.416 e. The lowest BCUT2D eigenvalue weighted by Crippen LogP contribution is -2.06. The van der Waals surface area contributed by atoms with Crippen LogP contribution in [0, 0.1) is 0 Å². The summed E-state index contributed by atoms with van der Waals surface area (Å²) in [7, 11) is 0. The predicted molar refractivity (Wildman–Crippen MR) is 66.3 cm³/mol. The zero-order valence-electron chi connectivity index (χ0n) is 10.6. The second-order valence-electron chi connectivity index (χ2n) is 4.27. The lowest BCUT2D eigenvalue weighted by molar-refractivity contribution is -0.137. The Balaban J connectivity index is 2.38. The van der Waals surface area contributed by atoms with Crippen molar-refractivity contribution in [2.45, 2.75) is 12.6 Å². The molecule has 0 amide bonds. The van der Waals surface area contributed by atoms with Crippen molar-refractivity contribution in [2.24, 2.45) is 0 Å². The molecule has 2 rings (SSSR count). The number of hydrogen-bond acceptors (Lipinski definition) is 3. The maximum atomic E-state index is 12.5. The fourth-order valence-corrected chi connectivity index (χ4v) is 1.83. The number of carboxylic acids is 1. The number of carbonyl (C=O) groups is 1. The minimum atomic E-state index is -4.43. The van der Waals surface area contributed by atoms with Crippen molar-refractivity contribution >= 4 is 5.97 Å². The van der Waals surface area contributed by atoms with E-state index in [9.17, 15) is 18.0 Å². The Kier molecular flexibility index (Phi) is 3.99. The third-order valence-corrected chi connectivity index (χ3v) is 2.83. The van der Waals surface area contributed by atoms with E-state index < -0.39 is 17.7 Å². The highest BCUT2D eigenvalue weighted by atomic mass is 19.4. The Hall–Kier alpha value is -2.35. The molecule has 0 aliphatic rings. The van der Waals surface area contributed by atoms with Crippen LogP contribution in [-0.2, 0) is 12.6 Å². The molecule has 0 bridgehead atoms. The quantitative estimate of drug-likeness (QED) is 0.907. The fourth-order valence-electron chi connectivity index (χ4n) is 1.83. The molecule has 0 spiro atoms.